The maximum Gasteiger partial charge on any atom is 0.251 e. The van der Waals surface area contributed by atoms with Crippen molar-refractivity contribution in [2.75, 3.05) is 40.1 Å². The van der Waals surface area contributed by atoms with Crippen molar-refractivity contribution >= 4 is 40.3 Å². The van der Waals surface area contributed by atoms with Gasteiger partial charge < -0.3 is 29.8 Å². The lowest BCUT2D eigenvalue weighted by Crippen LogP contribution is -2.47. The number of primary amides is 1. The number of fused-ring (bicyclic) bond motifs is 1. The zero-order chi connectivity index (χ0) is 27.9. The highest BCUT2D eigenvalue weighted by Crippen LogP contribution is 2.70. The van der Waals surface area contributed by atoms with Crippen LogP contribution in [-0.4, -0.2) is 57.1 Å². The van der Waals surface area contributed by atoms with Gasteiger partial charge in [-0.25, -0.2) is 0 Å². The normalized spacial score (nSPS) is 16.4. The molecule has 0 aromatic heterocycles. The first-order valence-electron chi connectivity index (χ1n) is 12.9. The van der Waals surface area contributed by atoms with Crippen LogP contribution in [0.2, 0.25) is 0 Å². The number of rotatable bonds is 12. The summed E-state index contributed by atoms with van der Waals surface area (Å²) in [5.41, 5.74) is 7.29. The molecule has 0 aliphatic carbocycles. The molecule has 0 radical (unpaired) electrons. The Morgan fingerprint density at radius 2 is 1.85 bits per heavy atom. The van der Waals surface area contributed by atoms with Crippen LogP contribution >= 0.6 is 17.7 Å². The van der Waals surface area contributed by atoms with Crippen LogP contribution in [0.5, 0.6) is 5.75 Å². The van der Waals surface area contributed by atoms with E-state index in [1.54, 1.807) is 19.8 Å². The molecule has 1 aliphatic heterocycles. The number of methoxy groups -OCH3 is 1. The van der Waals surface area contributed by atoms with E-state index in [-0.39, 0.29) is 5.91 Å². The van der Waals surface area contributed by atoms with Crippen LogP contribution in [0.3, 0.4) is 0 Å². The number of benzene rings is 3. The Bertz CT molecular complexity index is 1360. The minimum absolute atomic E-state index is 0.125. The van der Waals surface area contributed by atoms with Gasteiger partial charge in [-0.15, -0.1) is 0 Å². The summed E-state index contributed by atoms with van der Waals surface area (Å²) >= 11 is 1.24. The van der Waals surface area contributed by atoms with Crippen molar-refractivity contribution in [3.63, 3.8) is 0 Å². The van der Waals surface area contributed by atoms with Gasteiger partial charge in [-0.05, 0) is 73.3 Å². The monoisotopic (exact) mass is 570 g/mol. The van der Waals surface area contributed by atoms with Crippen molar-refractivity contribution in [3.05, 3.63) is 71.8 Å². The first kappa shape index (κ1) is 29.2. The SMILES string of the molecule is COc1cccc2cc(C(=O)NCCCOCc3ccc(SP(C)(=O)C4(C(N)=O)CCOCC4)cc3)ccc12. The summed E-state index contributed by atoms with van der Waals surface area (Å²) in [7, 11) is 1.63. The quantitative estimate of drug-likeness (QED) is 0.227. The number of hydrogen-bond donors (Lipinski definition) is 2. The van der Waals surface area contributed by atoms with Gasteiger partial charge in [0.15, 0.2) is 6.34 Å². The maximum atomic E-state index is 13.6. The predicted octanol–water partition coefficient (Wildman–Crippen LogP) is 5.22. The van der Waals surface area contributed by atoms with Crippen LogP contribution in [-0.2, 0) is 25.4 Å². The third-order valence-corrected chi connectivity index (χ3v) is 12.9. The summed E-state index contributed by atoms with van der Waals surface area (Å²) in [6, 6.07) is 19.0. The molecule has 1 fully saturated rings. The van der Waals surface area contributed by atoms with E-state index in [0.29, 0.717) is 57.8 Å². The molecule has 39 heavy (non-hydrogen) atoms. The predicted molar refractivity (Wildman–Crippen MR) is 155 cm³/mol. The minimum atomic E-state index is -2.98. The molecule has 208 valence electrons. The molecule has 3 aromatic carbocycles. The van der Waals surface area contributed by atoms with E-state index < -0.39 is 17.4 Å². The first-order valence-corrected chi connectivity index (χ1v) is 16.5. The molecule has 1 saturated heterocycles. The summed E-state index contributed by atoms with van der Waals surface area (Å²) in [6.45, 7) is 3.86. The Balaban J connectivity index is 1.20. The fourth-order valence-electron chi connectivity index (χ4n) is 4.74. The van der Waals surface area contributed by atoms with Crippen molar-refractivity contribution in [1.29, 1.82) is 0 Å². The molecule has 0 bridgehead atoms. The van der Waals surface area contributed by atoms with E-state index in [0.717, 1.165) is 27.0 Å². The van der Waals surface area contributed by atoms with Gasteiger partial charge in [-0.3, -0.25) is 9.59 Å². The van der Waals surface area contributed by atoms with Crippen molar-refractivity contribution < 1.29 is 28.4 Å². The van der Waals surface area contributed by atoms with E-state index in [9.17, 15) is 14.2 Å². The fourth-order valence-corrected chi connectivity index (χ4v) is 9.88. The molecule has 8 nitrogen and oxygen atoms in total. The molecular formula is C29H35N2O6PS. The Morgan fingerprint density at radius 1 is 1.10 bits per heavy atom. The second-order valence-corrected chi connectivity index (χ2v) is 15.5. The lowest BCUT2D eigenvalue weighted by Gasteiger charge is -2.38. The van der Waals surface area contributed by atoms with E-state index in [1.807, 2.05) is 54.6 Å². The summed E-state index contributed by atoms with van der Waals surface area (Å²) in [5, 5.41) is 3.82. The number of nitrogens with one attached hydrogen (secondary N) is 1. The molecule has 4 rings (SSSR count). The Kier molecular flexibility index (Phi) is 9.72. The number of nitrogens with two attached hydrogens (primary N) is 1. The van der Waals surface area contributed by atoms with Crippen LogP contribution in [0.1, 0.15) is 35.2 Å². The first-order chi connectivity index (χ1) is 18.8. The van der Waals surface area contributed by atoms with Crippen molar-refractivity contribution in [2.45, 2.75) is 35.9 Å². The highest BCUT2D eigenvalue weighted by Gasteiger charge is 2.51. The summed E-state index contributed by atoms with van der Waals surface area (Å²) in [4.78, 5) is 25.7. The lowest BCUT2D eigenvalue weighted by atomic mass is 9.98. The molecule has 3 N–H and O–H groups in total. The van der Waals surface area contributed by atoms with Gasteiger partial charge in [0, 0.05) is 42.2 Å². The number of carbonyl (C=O) groups is 2. The summed E-state index contributed by atoms with van der Waals surface area (Å²) < 4.78 is 30.2. The van der Waals surface area contributed by atoms with Crippen molar-refractivity contribution in [2.24, 2.45) is 5.73 Å². The van der Waals surface area contributed by atoms with Crippen molar-refractivity contribution in [3.8, 4) is 5.75 Å². The summed E-state index contributed by atoms with van der Waals surface area (Å²) in [6.07, 6.45) is -1.54. The molecule has 2 amide bonds. The smallest absolute Gasteiger partial charge is 0.251 e. The molecule has 1 heterocycles. The van der Waals surface area contributed by atoms with Gasteiger partial charge in [0.05, 0.1) is 13.7 Å². The number of hydrogen-bond acceptors (Lipinski definition) is 7. The average Bonchev–Trinajstić information content (AvgIpc) is 2.95. The van der Waals surface area contributed by atoms with Gasteiger partial charge in [0.2, 0.25) is 5.91 Å². The molecule has 0 spiro atoms. The molecule has 10 heteroatoms. The molecular weight excluding hydrogens is 535 g/mol. The second-order valence-electron chi connectivity index (χ2n) is 9.65. The fraction of sp³-hybridized carbons (Fsp3) is 0.379. The Hall–Kier alpha value is -2.84. The van der Waals surface area contributed by atoms with E-state index in [2.05, 4.69) is 5.32 Å². The largest absolute Gasteiger partial charge is 0.496 e. The average molecular weight is 571 g/mol. The number of amides is 2. The van der Waals surface area contributed by atoms with Crippen molar-refractivity contribution in [1.82, 2.24) is 5.32 Å². The van der Waals surface area contributed by atoms with E-state index >= 15 is 0 Å². The van der Waals surface area contributed by atoms with Gasteiger partial charge in [0.25, 0.3) is 5.91 Å². The molecule has 1 unspecified atom stereocenters. The topological polar surface area (TPSA) is 117 Å². The van der Waals surface area contributed by atoms with Crippen LogP contribution < -0.4 is 15.8 Å². The zero-order valence-corrected chi connectivity index (χ0v) is 24.0. The van der Waals surface area contributed by atoms with Gasteiger partial charge in [-0.1, -0.05) is 35.6 Å². The Morgan fingerprint density at radius 3 is 2.54 bits per heavy atom. The molecule has 1 atom stereocenters. The highest BCUT2D eigenvalue weighted by molar-refractivity contribution is 8.58. The van der Waals surface area contributed by atoms with Crippen LogP contribution in [0.25, 0.3) is 10.8 Å². The standard InChI is InChI=1S/C29H35N2O6PS/c1-35-26-6-3-5-22-19-23(9-12-25(22)26)27(32)31-15-4-16-37-20-21-7-10-24(11-8-21)39-38(2,34)29(28(30)33)13-17-36-18-14-29/h3,5-12,19H,4,13-18,20H2,1-2H3,(H2,30,33)(H,31,32). The number of carbonyl (C=O) groups excluding carboxylic acids is 2. The van der Waals surface area contributed by atoms with Gasteiger partial charge in [-0.2, -0.15) is 0 Å². The van der Waals surface area contributed by atoms with Crippen LogP contribution in [0, 0.1) is 0 Å². The highest BCUT2D eigenvalue weighted by atomic mass is 32.7. The second kappa shape index (κ2) is 13.0. The molecule has 0 saturated carbocycles. The Labute approximate surface area is 233 Å². The van der Waals surface area contributed by atoms with E-state index in [4.69, 9.17) is 19.9 Å². The third-order valence-electron chi connectivity index (χ3n) is 7.10. The van der Waals surface area contributed by atoms with Crippen LogP contribution in [0.4, 0.5) is 0 Å². The van der Waals surface area contributed by atoms with Gasteiger partial charge in [0.1, 0.15) is 10.9 Å². The zero-order valence-electron chi connectivity index (χ0n) is 22.3. The minimum Gasteiger partial charge on any atom is -0.496 e. The molecule has 3 aromatic rings. The van der Waals surface area contributed by atoms with Crippen LogP contribution in [0.15, 0.2) is 65.6 Å². The number of ether oxygens (including phenoxy) is 3. The third kappa shape index (κ3) is 6.84. The lowest BCUT2D eigenvalue weighted by molar-refractivity contribution is -0.122. The maximum absolute atomic E-state index is 13.6. The summed E-state index contributed by atoms with van der Waals surface area (Å²) in [5.74, 6) is 0.144. The molecule has 1 aliphatic rings. The van der Waals surface area contributed by atoms with E-state index in [1.165, 1.54) is 11.4 Å². The van der Waals surface area contributed by atoms with Gasteiger partial charge >= 0.3 is 0 Å².